The summed E-state index contributed by atoms with van der Waals surface area (Å²) in [6, 6.07) is 1.77. The fraction of sp³-hybridized carbons (Fsp3) is 0.636. The van der Waals surface area contributed by atoms with Crippen LogP contribution in [0.4, 0.5) is 0 Å². The highest BCUT2D eigenvalue weighted by Crippen LogP contribution is 2.26. The van der Waals surface area contributed by atoms with Crippen molar-refractivity contribution < 1.29 is 8.42 Å². The van der Waals surface area contributed by atoms with Crippen molar-refractivity contribution in [3.8, 4) is 0 Å². The van der Waals surface area contributed by atoms with Gasteiger partial charge in [0.1, 0.15) is 4.90 Å². The molecule has 17 heavy (non-hydrogen) atoms. The molecule has 0 aliphatic carbocycles. The minimum absolute atomic E-state index is 0.0986. The van der Waals surface area contributed by atoms with Gasteiger partial charge < -0.3 is 10.3 Å². The standard InChI is InChI=1S/C11H19N3O2S/c1-9-4-3-5-14(9)17(15,16)11-6-10(7-12)13(2)8-11/h6,8-9H,3-5,7,12H2,1-2H3. The first-order chi connectivity index (χ1) is 7.96. The van der Waals surface area contributed by atoms with Crippen molar-refractivity contribution in [1.29, 1.82) is 0 Å². The van der Waals surface area contributed by atoms with Crippen molar-refractivity contribution in [2.75, 3.05) is 6.54 Å². The first-order valence-corrected chi connectivity index (χ1v) is 7.28. The summed E-state index contributed by atoms with van der Waals surface area (Å²) in [4.78, 5) is 0.356. The summed E-state index contributed by atoms with van der Waals surface area (Å²) in [7, 11) is -1.53. The molecule has 1 aromatic heterocycles. The summed E-state index contributed by atoms with van der Waals surface area (Å²) >= 11 is 0. The molecule has 96 valence electrons. The van der Waals surface area contributed by atoms with Crippen LogP contribution in [0.1, 0.15) is 25.5 Å². The third-order valence-corrected chi connectivity index (χ3v) is 5.37. The number of hydrogen-bond donors (Lipinski definition) is 1. The average Bonchev–Trinajstić information content (AvgIpc) is 2.84. The normalized spacial score (nSPS) is 22.2. The second-order valence-electron chi connectivity index (χ2n) is 4.59. The van der Waals surface area contributed by atoms with E-state index in [2.05, 4.69) is 0 Å². The zero-order valence-electron chi connectivity index (χ0n) is 10.3. The number of hydrogen-bond acceptors (Lipinski definition) is 3. The van der Waals surface area contributed by atoms with Crippen LogP contribution in [0, 0.1) is 0 Å². The highest BCUT2D eigenvalue weighted by Gasteiger charge is 2.33. The van der Waals surface area contributed by atoms with E-state index in [9.17, 15) is 8.42 Å². The van der Waals surface area contributed by atoms with Gasteiger partial charge in [-0.25, -0.2) is 8.42 Å². The summed E-state index contributed by atoms with van der Waals surface area (Å²) in [5, 5.41) is 0. The number of nitrogens with zero attached hydrogens (tertiary/aromatic N) is 2. The van der Waals surface area contributed by atoms with Crippen LogP contribution in [-0.4, -0.2) is 29.9 Å². The molecule has 0 amide bonds. The van der Waals surface area contributed by atoms with E-state index in [4.69, 9.17) is 5.73 Å². The third-order valence-electron chi connectivity index (χ3n) is 3.39. The zero-order chi connectivity index (χ0) is 12.6. The quantitative estimate of drug-likeness (QED) is 0.864. The molecule has 1 aromatic rings. The van der Waals surface area contributed by atoms with Crippen LogP contribution in [0.2, 0.25) is 0 Å². The van der Waals surface area contributed by atoms with Gasteiger partial charge in [0.15, 0.2) is 0 Å². The van der Waals surface area contributed by atoms with Crippen molar-refractivity contribution in [2.24, 2.45) is 12.8 Å². The van der Waals surface area contributed by atoms with Gasteiger partial charge in [0.2, 0.25) is 10.0 Å². The van der Waals surface area contributed by atoms with Crippen LogP contribution >= 0.6 is 0 Å². The molecule has 0 spiro atoms. The molecule has 0 saturated carbocycles. The molecule has 1 atom stereocenters. The Hall–Kier alpha value is -0.850. The Balaban J connectivity index is 2.37. The summed E-state index contributed by atoms with van der Waals surface area (Å²) in [6.45, 7) is 2.93. The van der Waals surface area contributed by atoms with Gasteiger partial charge in [0.25, 0.3) is 0 Å². The van der Waals surface area contributed by atoms with Crippen LogP contribution in [0.5, 0.6) is 0 Å². The van der Waals surface area contributed by atoms with Gasteiger partial charge in [0, 0.05) is 38.1 Å². The van der Waals surface area contributed by atoms with Crippen molar-refractivity contribution in [3.63, 3.8) is 0 Å². The van der Waals surface area contributed by atoms with Gasteiger partial charge in [-0.1, -0.05) is 0 Å². The molecule has 6 heteroatoms. The molecule has 2 heterocycles. The first kappa shape index (κ1) is 12.6. The highest BCUT2D eigenvalue weighted by molar-refractivity contribution is 7.89. The molecule has 5 nitrogen and oxygen atoms in total. The third kappa shape index (κ3) is 2.12. The Morgan fingerprint density at radius 3 is 2.71 bits per heavy atom. The predicted molar refractivity (Wildman–Crippen MR) is 65.9 cm³/mol. The molecule has 1 unspecified atom stereocenters. The predicted octanol–water partition coefficient (Wildman–Crippen LogP) is 0.657. The van der Waals surface area contributed by atoms with Crippen LogP contribution in [-0.2, 0) is 23.6 Å². The molecule has 0 radical (unpaired) electrons. The van der Waals surface area contributed by atoms with E-state index >= 15 is 0 Å². The zero-order valence-corrected chi connectivity index (χ0v) is 11.1. The largest absolute Gasteiger partial charge is 0.352 e. The molecule has 2 N–H and O–H groups in total. The van der Waals surface area contributed by atoms with Crippen LogP contribution in [0.25, 0.3) is 0 Å². The summed E-state index contributed by atoms with van der Waals surface area (Å²) in [6.07, 6.45) is 3.52. The Bertz CT molecular complexity index is 507. The lowest BCUT2D eigenvalue weighted by Crippen LogP contribution is -2.33. The maximum Gasteiger partial charge on any atom is 0.244 e. The molecule has 0 aromatic carbocycles. The Morgan fingerprint density at radius 1 is 1.53 bits per heavy atom. The Kier molecular flexibility index (Phi) is 3.29. The Morgan fingerprint density at radius 2 is 2.24 bits per heavy atom. The van der Waals surface area contributed by atoms with Crippen molar-refractivity contribution in [2.45, 2.75) is 37.2 Å². The monoisotopic (exact) mass is 257 g/mol. The molecular weight excluding hydrogens is 238 g/mol. The second kappa shape index (κ2) is 4.44. The molecule has 0 bridgehead atoms. The van der Waals surface area contributed by atoms with E-state index in [0.717, 1.165) is 18.5 Å². The lowest BCUT2D eigenvalue weighted by Gasteiger charge is -2.19. The smallest absolute Gasteiger partial charge is 0.244 e. The SMILES string of the molecule is CC1CCCN1S(=O)(=O)c1cc(CN)n(C)c1. The number of aryl methyl sites for hydroxylation is 1. The summed E-state index contributed by atoms with van der Waals surface area (Å²) in [5.74, 6) is 0. The minimum atomic E-state index is -3.34. The lowest BCUT2D eigenvalue weighted by atomic mass is 10.3. The van der Waals surface area contributed by atoms with Crippen LogP contribution in [0.15, 0.2) is 17.2 Å². The van der Waals surface area contributed by atoms with Gasteiger partial charge in [0.05, 0.1) is 0 Å². The van der Waals surface area contributed by atoms with Gasteiger partial charge in [-0.3, -0.25) is 0 Å². The number of nitrogens with two attached hydrogens (primary N) is 1. The van der Waals surface area contributed by atoms with Crippen LogP contribution < -0.4 is 5.73 Å². The summed E-state index contributed by atoms with van der Waals surface area (Å²) < 4.78 is 28.2. The maximum absolute atomic E-state index is 12.4. The minimum Gasteiger partial charge on any atom is -0.352 e. The molecule has 2 rings (SSSR count). The van der Waals surface area contributed by atoms with Gasteiger partial charge in [-0.05, 0) is 25.8 Å². The molecule has 1 aliphatic rings. The van der Waals surface area contributed by atoms with E-state index in [1.165, 1.54) is 0 Å². The van der Waals surface area contributed by atoms with Gasteiger partial charge >= 0.3 is 0 Å². The number of sulfonamides is 1. The van der Waals surface area contributed by atoms with Crippen molar-refractivity contribution >= 4 is 10.0 Å². The second-order valence-corrected chi connectivity index (χ2v) is 6.48. The van der Waals surface area contributed by atoms with E-state index < -0.39 is 10.0 Å². The molecule has 1 saturated heterocycles. The maximum atomic E-state index is 12.4. The van der Waals surface area contributed by atoms with E-state index in [1.54, 1.807) is 21.1 Å². The fourth-order valence-electron chi connectivity index (χ4n) is 2.32. The molecule has 1 fully saturated rings. The molecule has 1 aliphatic heterocycles. The lowest BCUT2D eigenvalue weighted by molar-refractivity contribution is 0.408. The average molecular weight is 257 g/mol. The highest BCUT2D eigenvalue weighted by atomic mass is 32.2. The van der Waals surface area contributed by atoms with E-state index in [1.807, 2.05) is 14.0 Å². The number of aromatic nitrogens is 1. The summed E-state index contributed by atoms with van der Waals surface area (Å²) in [5.41, 5.74) is 6.39. The van der Waals surface area contributed by atoms with Gasteiger partial charge in [-0.15, -0.1) is 0 Å². The van der Waals surface area contributed by atoms with E-state index in [0.29, 0.717) is 18.0 Å². The van der Waals surface area contributed by atoms with Crippen molar-refractivity contribution in [3.05, 3.63) is 18.0 Å². The molecular formula is C11H19N3O2S. The topological polar surface area (TPSA) is 68.3 Å². The Labute approximate surface area is 102 Å². The fourth-order valence-corrected chi connectivity index (χ4v) is 4.12. The van der Waals surface area contributed by atoms with Gasteiger partial charge in [-0.2, -0.15) is 4.31 Å². The first-order valence-electron chi connectivity index (χ1n) is 5.84. The van der Waals surface area contributed by atoms with Crippen LogP contribution in [0.3, 0.4) is 0 Å². The van der Waals surface area contributed by atoms with E-state index in [-0.39, 0.29) is 6.04 Å². The van der Waals surface area contributed by atoms with Crippen molar-refractivity contribution in [1.82, 2.24) is 8.87 Å². The number of rotatable bonds is 3.